The molecule has 0 aromatic heterocycles. The van der Waals surface area contributed by atoms with Crippen LogP contribution >= 0.6 is 24.2 Å². The van der Waals surface area contributed by atoms with Gasteiger partial charge in [-0.15, -0.1) is 0 Å². The second-order valence-electron chi connectivity index (χ2n) is 4.39. The van der Waals surface area contributed by atoms with Crippen molar-refractivity contribution in [3.63, 3.8) is 0 Å². The lowest BCUT2D eigenvalue weighted by molar-refractivity contribution is -0.137. The van der Waals surface area contributed by atoms with Crippen molar-refractivity contribution in [2.45, 2.75) is 12.6 Å². The number of nitrogens with zero attached hydrogens (tertiary/aromatic N) is 1. The molecular weight excluding hydrogens is 299 g/mol. The molecule has 1 atom stereocenters. The van der Waals surface area contributed by atoms with Gasteiger partial charge in [-0.3, -0.25) is 4.79 Å². The number of amides is 1. The Balaban J connectivity index is 2.39. The minimum atomic E-state index is -4.53. The Morgan fingerprint density at radius 3 is 2.63 bits per heavy atom. The molecule has 1 fully saturated rings. The van der Waals surface area contributed by atoms with Crippen molar-refractivity contribution in [3.8, 4) is 0 Å². The zero-order valence-corrected chi connectivity index (χ0v) is 11.4. The maximum absolute atomic E-state index is 12.8. The molecule has 19 heavy (non-hydrogen) atoms. The van der Waals surface area contributed by atoms with Gasteiger partial charge in [-0.05, 0) is 23.8 Å². The molecule has 0 saturated carbocycles. The zero-order valence-electron chi connectivity index (χ0n) is 9.75. The lowest BCUT2D eigenvalue weighted by Crippen LogP contribution is -2.25. The maximum atomic E-state index is 12.8. The molecule has 1 aromatic carbocycles. The Hall–Kier alpha value is -0.880. The summed E-state index contributed by atoms with van der Waals surface area (Å²) in [4.78, 5) is 13.1. The maximum Gasteiger partial charge on any atom is 0.417 e. The first kappa shape index (κ1) is 14.5. The monoisotopic (exact) mass is 309 g/mol. The number of benzene rings is 1. The number of hydrogen-bond acceptors (Lipinski definition) is 2. The van der Waals surface area contributed by atoms with Gasteiger partial charge in [0.25, 0.3) is 0 Å². The van der Waals surface area contributed by atoms with Crippen molar-refractivity contribution in [2.75, 3.05) is 17.2 Å². The molecule has 1 aliphatic rings. The van der Waals surface area contributed by atoms with E-state index in [0.717, 1.165) is 6.07 Å². The Morgan fingerprint density at radius 1 is 1.42 bits per heavy atom. The third kappa shape index (κ3) is 2.84. The number of halogens is 4. The lowest BCUT2D eigenvalue weighted by Gasteiger charge is -2.20. The molecule has 0 radical (unpaired) electrons. The fraction of sp³-hybridized carbons (Fsp3) is 0.417. The molecule has 0 bridgehead atoms. The van der Waals surface area contributed by atoms with E-state index in [4.69, 9.17) is 11.6 Å². The summed E-state index contributed by atoms with van der Waals surface area (Å²) in [7, 11) is 0. The van der Waals surface area contributed by atoms with Gasteiger partial charge in [-0.25, -0.2) is 0 Å². The van der Waals surface area contributed by atoms with E-state index < -0.39 is 16.8 Å². The van der Waals surface area contributed by atoms with Crippen LogP contribution in [0.5, 0.6) is 0 Å². The van der Waals surface area contributed by atoms with Gasteiger partial charge in [0.15, 0.2) is 0 Å². The van der Waals surface area contributed by atoms with E-state index in [-0.39, 0.29) is 23.9 Å². The summed E-state index contributed by atoms with van der Waals surface area (Å²) >= 11 is 9.91. The minimum Gasteiger partial charge on any atom is -0.311 e. The molecule has 0 aliphatic carbocycles. The number of anilines is 1. The minimum absolute atomic E-state index is 0.0430. The number of rotatable bonds is 2. The Morgan fingerprint density at radius 2 is 2.11 bits per heavy atom. The highest BCUT2D eigenvalue weighted by molar-refractivity contribution is 7.80. The van der Waals surface area contributed by atoms with Crippen LogP contribution in [-0.2, 0) is 11.0 Å². The Labute approximate surface area is 118 Å². The van der Waals surface area contributed by atoms with E-state index in [0.29, 0.717) is 12.3 Å². The average Bonchev–Trinajstić information content (AvgIpc) is 2.69. The van der Waals surface area contributed by atoms with Gasteiger partial charge in [0, 0.05) is 13.0 Å². The molecule has 7 heteroatoms. The largest absolute Gasteiger partial charge is 0.417 e. The molecule has 0 spiro atoms. The standard InChI is InChI=1S/C12H11ClF3NOS/c13-11-8(12(14,15)16)2-1-3-9(11)17-5-7(6-19)4-10(17)18/h1-3,7,19H,4-6H2. The van der Waals surface area contributed by atoms with Gasteiger partial charge in [0.1, 0.15) is 0 Å². The summed E-state index contributed by atoms with van der Waals surface area (Å²) in [5.74, 6) is 0.334. The third-order valence-electron chi connectivity index (χ3n) is 3.04. The summed E-state index contributed by atoms with van der Waals surface area (Å²) < 4.78 is 38.3. The van der Waals surface area contributed by atoms with Gasteiger partial charge in [-0.2, -0.15) is 25.8 Å². The van der Waals surface area contributed by atoms with Crippen LogP contribution in [0.2, 0.25) is 5.02 Å². The molecular formula is C12H11ClF3NOS. The highest BCUT2D eigenvalue weighted by Crippen LogP contribution is 2.40. The third-order valence-corrected chi connectivity index (χ3v) is 3.95. The summed E-state index contributed by atoms with van der Waals surface area (Å²) in [6, 6.07) is 3.59. The first-order valence-corrected chi connectivity index (χ1v) is 6.62. The Bertz CT molecular complexity index is 506. The van der Waals surface area contributed by atoms with E-state index in [1.807, 2.05) is 0 Å². The van der Waals surface area contributed by atoms with Crippen LogP contribution in [0.15, 0.2) is 18.2 Å². The van der Waals surface area contributed by atoms with Gasteiger partial charge in [-0.1, -0.05) is 17.7 Å². The van der Waals surface area contributed by atoms with E-state index in [1.165, 1.54) is 17.0 Å². The highest BCUT2D eigenvalue weighted by Gasteiger charge is 2.37. The number of carbonyl (C=O) groups is 1. The molecule has 1 saturated heterocycles. The molecule has 104 valence electrons. The van der Waals surface area contributed by atoms with Crippen molar-refractivity contribution in [1.29, 1.82) is 0 Å². The SMILES string of the molecule is O=C1CC(CS)CN1c1cccc(C(F)(F)F)c1Cl. The molecule has 0 N–H and O–H groups in total. The van der Waals surface area contributed by atoms with Gasteiger partial charge in [0.05, 0.1) is 16.3 Å². The second-order valence-corrected chi connectivity index (χ2v) is 5.14. The molecule has 2 nitrogen and oxygen atoms in total. The lowest BCUT2D eigenvalue weighted by atomic mass is 10.1. The van der Waals surface area contributed by atoms with Gasteiger partial charge in [0.2, 0.25) is 5.91 Å². The van der Waals surface area contributed by atoms with Crippen LogP contribution in [0, 0.1) is 5.92 Å². The van der Waals surface area contributed by atoms with Crippen molar-refractivity contribution in [2.24, 2.45) is 5.92 Å². The molecule has 1 aliphatic heterocycles. The molecule has 1 heterocycles. The first-order valence-electron chi connectivity index (χ1n) is 5.61. The van der Waals surface area contributed by atoms with Crippen molar-refractivity contribution < 1.29 is 18.0 Å². The topological polar surface area (TPSA) is 20.3 Å². The van der Waals surface area contributed by atoms with Crippen LogP contribution in [0.4, 0.5) is 18.9 Å². The van der Waals surface area contributed by atoms with E-state index in [9.17, 15) is 18.0 Å². The van der Waals surface area contributed by atoms with Crippen molar-refractivity contribution in [3.05, 3.63) is 28.8 Å². The predicted molar refractivity (Wildman–Crippen MR) is 70.8 cm³/mol. The molecule has 1 amide bonds. The van der Waals surface area contributed by atoms with Crippen LogP contribution in [0.3, 0.4) is 0 Å². The van der Waals surface area contributed by atoms with Crippen LogP contribution in [0.25, 0.3) is 0 Å². The summed E-state index contributed by atoms with van der Waals surface area (Å²) in [6.45, 7) is 0.351. The van der Waals surface area contributed by atoms with E-state index >= 15 is 0 Å². The molecule has 1 unspecified atom stereocenters. The van der Waals surface area contributed by atoms with Crippen LogP contribution < -0.4 is 4.90 Å². The number of alkyl halides is 3. The van der Waals surface area contributed by atoms with Gasteiger partial charge >= 0.3 is 6.18 Å². The second kappa shape index (κ2) is 5.25. The van der Waals surface area contributed by atoms with Crippen molar-refractivity contribution in [1.82, 2.24) is 0 Å². The quantitative estimate of drug-likeness (QED) is 0.827. The summed E-state index contributed by atoms with van der Waals surface area (Å²) in [6.07, 6.45) is -4.24. The van der Waals surface area contributed by atoms with Crippen molar-refractivity contribution >= 4 is 35.8 Å². The normalized spacial score (nSPS) is 20.2. The van der Waals surface area contributed by atoms with Crippen LogP contribution in [0.1, 0.15) is 12.0 Å². The molecule has 1 aromatic rings. The van der Waals surface area contributed by atoms with Crippen LogP contribution in [-0.4, -0.2) is 18.2 Å². The first-order chi connectivity index (χ1) is 8.84. The van der Waals surface area contributed by atoms with E-state index in [2.05, 4.69) is 12.6 Å². The number of hydrogen-bond donors (Lipinski definition) is 1. The highest BCUT2D eigenvalue weighted by atomic mass is 35.5. The van der Waals surface area contributed by atoms with Gasteiger partial charge < -0.3 is 4.90 Å². The molecule has 2 rings (SSSR count). The number of thiol groups is 1. The summed E-state index contributed by atoms with van der Waals surface area (Å²) in [5, 5.41) is -0.428. The predicted octanol–water partition coefficient (Wildman–Crippen LogP) is 3.64. The fourth-order valence-electron chi connectivity index (χ4n) is 2.08. The smallest absolute Gasteiger partial charge is 0.311 e. The zero-order chi connectivity index (χ0) is 14.2. The Kier molecular flexibility index (Phi) is 4.01. The fourth-order valence-corrected chi connectivity index (χ4v) is 2.66. The summed E-state index contributed by atoms with van der Waals surface area (Å²) in [5.41, 5.74) is -0.806. The average molecular weight is 310 g/mol. The van der Waals surface area contributed by atoms with E-state index in [1.54, 1.807) is 0 Å². The number of carbonyl (C=O) groups excluding carboxylic acids is 1.